The zero-order valence-electron chi connectivity index (χ0n) is 14.7. The number of hydrogen-bond donors (Lipinski definition) is 1. The Balaban J connectivity index is 1.60. The van der Waals surface area contributed by atoms with Crippen molar-refractivity contribution in [2.45, 2.75) is 25.3 Å². The molecule has 26 heavy (non-hydrogen) atoms. The molecule has 1 fully saturated rings. The zero-order valence-corrected chi connectivity index (χ0v) is 15.5. The van der Waals surface area contributed by atoms with Crippen LogP contribution in [0.5, 0.6) is 0 Å². The summed E-state index contributed by atoms with van der Waals surface area (Å²) >= 11 is 6.22. The van der Waals surface area contributed by atoms with Crippen LogP contribution in [0.25, 0.3) is 16.3 Å². The van der Waals surface area contributed by atoms with Crippen LogP contribution in [-0.4, -0.2) is 6.54 Å². The zero-order chi connectivity index (χ0) is 17.5. The lowest BCUT2D eigenvalue weighted by molar-refractivity contribution is 0.598. The predicted molar refractivity (Wildman–Crippen MR) is 111 cm³/mol. The van der Waals surface area contributed by atoms with Gasteiger partial charge in [-0.1, -0.05) is 66.2 Å². The molecular weight excluding hydrogens is 338 g/mol. The molecule has 1 atom stereocenters. The Kier molecular flexibility index (Phi) is 4.07. The fourth-order valence-corrected chi connectivity index (χ4v) is 4.31. The molecule has 3 aromatic rings. The third-order valence-electron chi connectivity index (χ3n) is 5.67. The average Bonchev–Trinajstić information content (AvgIpc) is 3.41. The predicted octanol–water partition coefficient (Wildman–Crippen LogP) is 6.17. The maximum Gasteiger partial charge on any atom is 0.0585 e. The van der Waals surface area contributed by atoms with Gasteiger partial charge in [-0.25, -0.2) is 0 Å². The molecule has 0 bridgehead atoms. The van der Waals surface area contributed by atoms with Crippen LogP contribution in [0.2, 0.25) is 5.02 Å². The van der Waals surface area contributed by atoms with Crippen LogP contribution >= 0.6 is 11.6 Å². The van der Waals surface area contributed by atoms with E-state index in [9.17, 15) is 0 Å². The molecule has 0 heterocycles. The van der Waals surface area contributed by atoms with E-state index in [1.165, 1.54) is 45.9 Å². The summed E-state index contributed by atoms with van der Waals surface area (Å²) in [6.45, 7) is 1.09. The van der Waals surface area contributed by atoms with E-state index in [1.807, 2.05) is 6.07 Å². The molecule has 2 heteroatoms. The molecule has 0 radical (unpaired) electrons. The third-order valence-corrected chi connectivity index (χ3v) is 5.91. The summed E-state index contributed by atoms with van der Waals surface area (Å²) in [7, 11) is 0. The molecule has 130 valence electrons. The smallest absolute Gasteiger partial charge is 0.0585 e. The van der Waals surface area contributed by atoms with Crippen LogP contribution in [0.1, 0.15) is 35.6 Å². The van der Waals surface area contributed by atoms with Crippen molar-refractivity contribution in [3.63, 3.8) is 0 Å². The first-order chi connectivity index (χ1) is 12.8. The van der Waals surface area contributed by atoms with Gasteiger partial charge in [0.15, 0.2) is 0 Å². The normalized spacial score (nSPS) is 17.2. The molecule has 2 aliphatic rings. The van der Waals surface area contributed by atoms with Gasteiger partial charge in [-0.05, 0) is 76.9 Å². The lowest BCUT2D eigenvalue weighted by Crippen LogP contribution is -2.24. The van der Waals surface area contributed by atoms with Crippen molar-refractivity contribution in [3.05, 3.63) is 88.5 Å². The van der Waals surface area contributed by atoms with Crippen molar-refractivity contribution in [1.82, 2.24) is 5.32 Å². The second-order valence-corrected chi connectivity index (χ2v) is 7.95. The van der Waals surface area contributed by atoms with Gasteiger partial charge in [-0.2, -0.15) is 0 Å². The van der Waals surface area contributed by atoms with E-state index in [-0.39, 0.29) is 6.04 Å². The Labute approximate surface area is 159 Å². The van der Waals surface area contributed by atoms with Gasteiger partial charge in [-0.3, -0.25) is 0 Å². The third kappa shape index (κ3) is 2.96. The molecule has 1 nitrogen and oxygen atoms in total. The van der Waals surface area contributed by atoms with Crippen LogP contribution in [0.15, 0.2) is 66.7 Å². The highest BCUT2D eigenvalue weighted by atomic mass is 35.5. The minimum Gasteiger partial charge on any atom is -0.306 e. The highest BCUT2D eigenvalue weighted by molar-refractivity contribution is 6.30. The summed E-state index contributed by atoms with van der Waals surface area (Å²) in [4.78, 5) is 0. The first-order valence-corrected chi connectivity index (χ1v) is 9.87. The first kappa shape index (κ1) is 16.1. The Bertz CT molecular complexity index is 995. The molecule has 0 aromatic heterocycles. The first-order valence-electron chi connectivity index (χ1n) is 9.49. The highest BCUT2D eigenvalue weighted by Crippen LogP contribution is 2.40. The molecule has 1 unspecified atom stereocenters. The van der Waals surface area contributed by atoms with Crippen LogP contribution in [0, 0.1) is 5.92 Å². The van der Waals surface area contributed by atoms with Gasteiger partial charge in [0.05, 0.1) is 6.04 Å². The van der Waals surface area contributed by atoms with Gasteiger partial charge >= 0.3 is 0 Å². The number of hydrogen-bond acceptors (Lipinski definition) is 1. The minimum atomic E-state index is 0.226. The second kappa shape index (κ2) is 6.57. The molecule has 0 saturated heterocycles. The van der Waals surface area contributed by atoms with Crippen LogP contribution < -0.4 is 5.32 Å². The second-order valence-electron chi connectivity index (χ2n) is 7.52. The highest BCUT2D eigenvalue weighted by Gasteiger charge is 2.28. The van der Waals surface area contributed by atoms with Crippen LogP contribution in [0.4, 0.5) is 0 Å². The minimum absolute atomic E-state index is 0.226. The van der Waals surface area contributed by atoms with Crippen molar-refractivity contribution in [2.75, 3.05) is 6.54 Å². The van der Waals surface area contributed by atoms with Gasteiger partial charge in [0.25, 0.3) is 0 Å². The van der Waals surface area contributed by atoms with E-state index in [1.54, 1.807) is 0 Å². The number of benzene rings is 3. The van der Waals surface area contributed by atoms with Crippen molar-refractivity contribution < 1.29 is 0 Å². The molecule has 0 amide bonds. The van der Waals surface area contributed by atoms with Gasteiger partial charge in [0.2, 0.25) is 0 Å². The Morgan fingerprint density at radius 2 is 1.85 bits per heavy atom. The number of halogens is 1. The number of fused-ring (bicyclic) bond motifs is 2. The van der Waals surface area contributed by atoms with Gasteiger partial charge in [-0.15, -0.1) is 0 Å². The number of allylic oxidation sites excluding steroid dienone is 1. The molecule has 2 aliphatic carbocycles. The Morgan fingerprint density at radius 3 is 2.73 bits per heavy atom. The van der Waals surface area contributed by atoms with Gasteiger partial charge < -0.3 is 5.32 Å². The Hall–Kier alpha value is -2.09. The summed E-state index contributed by atoms with van der Waals surface area (Å²) in [5.74, 6) is 0.846. The molecule has 0 aliphatic heterocycles. The van der Waals surface area contributed by atoms with E-state index in [4.69, 9.17) is 11.6 Å². The maximum atomic E-state index is 6.22. The SMILES string of the molecule is Clc1ccc2c(c1)CC=C2C(NCC1CC1)c1cccc2ccccc12. The Morgan fingerprint density at radius 1 is 1.00 bits per heavy atom. The number of nitrogens with one attached hydrogen (secondary N) is 1. The summed E-state index contributed by atoms with van der Waals surface area (Å²) in [5, 5.41) is 7.35. The molecule has 1 N–H and O–H groups in total. The molecule has 3 aromatic carbocycles. The molecule has 1 saturated carbocycles. The summed E-state index contributed by atoms with van der Waals surface area (Å²) < 4.78 is 0. The monoisotopic (exact) mass is 359 g/mol. The van der Waals surface area contributed by atoms with E-state index in [0.29, 0.717) is 0 Å². The van der Waals surface area contributed by atoms with Crippen molar-refractivity contribution in [3.8, 4) is 0 Å². The van der Waals surface area contributed by atoms with Gasteiger partial charge in [0, 0.05) is 5.02 Å². The average molecular weight is 360 g/mol. The van der Waals surface area contributed by atoms with E-state index < -0.39 is 0 Å². The van der Waals surface area contributed by atoms with Crippen molar-refractivity contribution in [1.29, 1.82) is 0 Å². The topological polar surface area (TPSA) is 12.0 Å². The van der Waals surface area contributed by atoms with Crippen LogP contribution in [-0.2, 0) is 6.42 Å². The van der Waals surface area contributed by atoms with E-state index in [0.717, 1.165) is 23.9 Å². The lowest BCUT2D eigenvalue weighted by Gasteiger charge is -2.23. The molecule has 5 rings (SSSR count). The fourth-order valence-electron chi connectivity index (χ4n) is 4.11. The molecular formula is C24H22ClN. The van der Waals surface area contributed by atoms with Crippen LogP contribution in [0.3, 0.4) is 0 Å². The summed E-state index contributed by atoms with van der Waals surface area (Å²) in [6.07, 6.45) is 6.08. The van der Waals surface area contributed by atoms with Crippen molar-refractivity contribution >= 4 is 27.9 Å². The van der Waals surface area contributed by atoms with E-state index in [2.05, 4.69) is 66.0 Å². The summed E-state index contributed by atoms with van der Waals surface area (Å²) in [5.41, 5.74) is 5.45. The standard InChI is InChI=1S/C24H22ClN/c25-19-11-13-21-18(14-19)10-12-23(21)24(26-15-16-8-9-16)22-7-3-5-17-4-1-2-6-20(17)22/h1-7,11-14,16,24,26H,8-10,15H2. The lowest BCUT2D eigenvalue weighted by atomic mass is 9.90. The van der Waals surface area contributed by atoms with E-state index >= 15 is 0 Å². The van der Waals surface area contributed by atoms with Gasteiger partial charge in [0.1, 0.15) is 0 Å². The quantitative estimate of drug-likeness (QED) is 0.574. The number of rotatable bonds is 5. The van der Waals surface area contributed by atoms with Crippen molar-refractivity contribution in [2.24, 2.45) is 5.92 Å². The fraction of sp³-hybridized carbons (Fsp3) is 0.250. The molecule has 0 spiro atoms. The largest absolute Gasteiger partial charge is 0.306 e. The summed E-state index contributed by atoms with van der Waals surface area (Å²) in [6, 6.07) is 21.9. The maximum absolute atomic E-state index is 6.22.